The quantitative estimate of drug-likeness (QED) is 0.631. The van der Waals surface area contributed by atoms with Gasteiger partial charge in [-0.05, 0) is 0 Å². The second-order valence-corrected chi connectivity index (χ2v) is 5.30. The summed E-state index contributed by atoms with van der Waals surface area (Å²) in [5, 5.41) is 0. The van der Waals surface area contributed by atoms with Gasteiger partial charge >= 0.3 is 68.9 Å². The molecule has 0 unspecified atom stereocenters. The van der Waals surface area contributed by atoms with Crippen molar-refractivity contribution in [2.45, 2.75) is 0 Å². The molecule has 0 atom stereocenters. The minimum absolute atomic E-state index is 0.519. The molecule has 0 amide bonds. The number of aromatic nitrogens is 2. The zero-order valence-electron chi connectivity index (χ0n) is 5.15. The van der Waals surface area contributed by atoms with Gasteiger partial charge in [0.2, 0.25) is 0 Å². The van der Waals surface area contributed by atoms with Gasteiger partial charge in [-0.25, -0.2) is 0 Å². The number of anilines is 1. The van der Waals surface area contributed by atoms with Crippen LogP contribution >= 0.6 is 0 Å². The summed E-state index contributed by atoms with van der Waals surface area (Å²) in [5.41, 5.74) is 6.36. The molecule has 0 saturated heterocycles. The third-order valence-corrected chi connectivity index (χ3v) is 4.27. The molecular weight excluding hydrogens is 231 g/mol. The van der Waals surface area contributed by atoms with E-state index in [1.54, 1.807) is 0 Å². The Balaban J connectivity index is 2.67. The number of nitrogens with two attached hydrogens (primary N) is 1. The normalized spacial score (nSPS) is 12.8. The van der Waals surface area contributed by atoms with Crippen LogP contribution in [0.1, 0.15) is 0 Å². The van der Waals surface area contributed by atoms with E-state index in [1.807, 2.05) is 3.97 Å². The Morgan fingerprint density at radius 1 is 1.40 bits per heavy atom. The zero-order valence-corrected chi connectivity index (χ0v) is 8.45. The fourth-order valence-electron chi connectivity index (χ4n) is 0.843. The van der Waals surface area contributed by atoms with Gasteiger partial charge in [-0.2, -0.15) is 0 Å². The molecule has 4 nitrogen and oxygen atoms in total. The topological polar surface area (TPSA) is 64.2 Å². The maximum atomic E-state index is 5.54. The van der Waals surface area contributed by atoms with Crippen LogP contribution in [0.4, 0.5) is 11.5 Å². The summed E-state index contributed by atoms with van der Waals surface area (Å²) in [5.74, 6) is 0.519. The van der Waals surface area contributed by atoms with E-state index in [1.165, 1.54) is 6.33 Å². The van der Waals surface area contributed by atoms with Crippen molar-refractivity contribution in [3.05, 3.63) is 6.33 Å². The first-order valence-corrected chi connectivity index (χ1v) is 6.41. The van der Waals surface area contributed by atoms with E-state index >= 15 is 0 Å². The second-order valence-electron chi connectivity index (χ2n) is 1.94. The molecule has 0 saturated carbocycles. The Hall–Kier alpha value is -0.580. The van der Waals surface area contributed by atoms with Crippen LogP contribution in [-0.4, -0.2) is 36.8 Å². The van der Waals surface area contributed by atoms with E-state index in [0.29, 0.717) is 5.82 Å². The molecule has 0 spiro atoms. The van der Waals surface area contributed by atoms with Crippen molar-refractivity contribution < 1.29 is 0 Å². The van der Waals surface area contributed by atoms with Crippen LogP contribution in [0.15, 0.2) is 11.3 Å². The van der Waals surface area contributed by atoms with Crippen LogP contribution in [0.3, 0.4) is 0 Å². The van der Waals surface area contributed by atoms with Gasteiger partial charge in [0.15, 0.2) is 0 Å². The third-order valence-electron chi connectivity index (χ3n) is 1.31. The van der Waals surface area contributed by atoms with Crippen molar-refractivity contribution in [1.82, 2.24) is 9.97 Å². The number of nitrogens with zero attached hydrogens (tertiary/aromatic N) is 3. The van der Waals surface area contributed by atoms with Crippen molar-refractivity contribution in [2.75, 3.05) is 5.73 Å². The van der Waals surface area contributed by atoms with Gasteiger partial charge in [-0.1, -0.05) is 0 Å². The first-order chi connectivity index (χ1) is 4.88. The summed E-state index contributed by atoms with van der Waals surface area (Å²) < 4.78 is 3.09. The molecule has 1 aliphatic heterocycles. The number of aliphatic imine (C=N–C) groups is 1. The molecule has 47 valence electrons. The summed E-state index contributed by atoms with van der Waals surface area (Å²) in [6.07, 6.45) is 1.51. The summed E-state index contributed by atoms with van der Waals surface area (Å²) in [4.78, 5) is 12.0. The van der Waals surface area contributed by atoms with Gasteiger partial charge in [0, 0.05) is 0 Å². The van der Waals surface area contributed by atoms with Crippen molar-refractivity contribution in [2.24, 2.45) is 4.99 Å². The molecule has 0 aromatic carbocycles. The average molecular weight is 235 g/mol. The molecule has 10 heavy (non-hydrogen) atoms. The Bertz CT molecular complexity index is 296. The SMILES string of the molecule is Nc1ncn[c]2c1N=[CH][In]2. The van der Waals surface area contributed by atoms with Crippen LogP contribution in [0.2, 0.25) is 0 Å². The summed E-state index contributed by atoms with van der Waals surface area (Å²) >= 11 is -0.769. The fourth-order valence-corrected chi connectivity index (χ4v) is 3.41. The van der Waals surface area contributed by atoms with E-state index in [-0.39, 0.29) is 0 Å². The molecule has 1 aromatic heterocycles. The minimum atomic E-state index is -0.769. The Labute approximate surface area is 68.9 Å². The average Bonchev–Trinajstić information content (AvgIpc) is 2.36. The van der Waals surface area contributed by atoms with E-state index in [4.69, 9.17) is 5.73 Å². The van der Waals surface area contributed by atoms with Crippen LogP contribution in [-0.2, 0) is 0 Å². The van der Waals surface area contributed by atoms with Crippen molar-refractivity contribution >= 4 is 41.8 Å². The van der Waals surface area contributed by atoms with Crippen molar-refractivity contribution in [3.63, 3.8) is 0 Å². The van der Waals surface area contributed by atoms with Crippen LogP contribution in [0.25, 0.3) is 0 Å². The van der Waals surface area contributed by atoms with E-state index in [2.05, 4.69) is 15.0 Å². The molecule has 1 radical (unpaired) electrons. The number of nitrogen functional groups attached to an aromatic ring is 1. The second kappa shape index (κ2) is 2.23. The van der Waals surface area contributed by atoms with Crippen molar-refractivity contribution in [1.29, 1.82) is 0 Å². The number of fused-ring (bicyclic) bond motifs is 1. The number of hydrogen-bond acceptors (Lipinski definition) is 4. The molecule has 2 rings (SSSR count). The summed E-state index contributed by atoms with van der Waals surface area (Å²) in [7, 11) is 0. The van der Waals surface area contributed by atoms with Crippen molar-refractivity contribution in [3.8, 4) is 0 Å². The molecular formula is C5H4InN4. The third kappa shape index (κ3) is 0.811. The Morgan fingerprint density at radius 3 is 3.10 bits per heavy atom. The maximum absolute atomic E-state index is 5.54. The van der Waals surface area contributed by atoms with Crippen LogP contribution in [0.5, 0.6) is 0 Å². The number of rotatable bonds is 0. The standard InChI is InChI=1S/C5H4N4.In/c1-7-4-2-8-3-9-5(4)6;/h1,3H,(H2,6,8,9);. The number of hydrogen-bond donors (Lipinski definition) is 1. The molecule has 0 fully saturated rings. The molecule has 2 N–H and O–H groups in total. The van der Waals surface area contributed by atoms with E-state index in [9.17, 15) is 0 Å². The van der Waals surface area contributed by atoms with Gasteiger partial charge < -0.3 is 0 Å². The molecule has 1 aromatic rings. The van der Waals surface area contributed by atoms with E-state index in [0.717, 1.165) is 9.14 Å². The predicted molar refractivity (Wildman–Crippen MR) is 40.0 cm³/mol. The Kier molecular flexibility index (Phi) is 1.37. The monoisotopic (exact) mass is 235 g/mol. The molecule has 2 heterocycles. The molecule has 0 bridgehead atoms. The summed E-state index contributed by atoms with van der Waals surface area (Å²) in [6.45, 7) is 0. The Morgan fingerprint density at radius 2 is 2.30 bits per heavy atom. The summed E-state index contributed by atoms with van der Waals surface area (Å²) in [6, 6.07) is 0. The van der Waals surface area contributed by atoms with Gasteiger partial charge in [0.05, 0.1) is 0 Å². The van der Waals surface area contributed by atoms with Gasteiger partial charge in [0.25, 0.3) is 0 Å². The fraction of sp³-hybridized carbons (Fsp3) is 0. The van der Waals surface area contributed by atoms with Gasteiger partial charge in [-0.3, -0.25) is 0 Å². The molecule has 1 aliphatic rings. The molecule has 0 aliphatic carbocycles. The predicted octanol–water partition coefficient (Wildman–Crippen LogP) is -0.938. The molecule has 5 heteroatoms. The zero-order chi connectivity index (χ0) is 6.97. The van der Waals surface area contributed by atoms with Gasteiger partial charge in [-0.15, -0.1) is 0 Å². The van der Waals surface area contributed by atoms with Gasteiger partial charge in [0.1, 0.15) is 0 Å². The van der Waals surface area contributed by atoms with Crippen LogP contribution < -0.4 is 9.18 Å². The first-order valence-electron chi connectivity index (χ1n) is 2.86. The van der Waals surface area contributed by atoms with E-state index < -0.39 is 22.9 Å². The van der Waals surface area contributed by atoms with Crippen LogP contribution in [0, 0.1) is 0 Å². The first kappa shape index (κ1) is 6.15.